The monoisotopic (exact) mass is 314 g/mol. The molecule has 0 heteroatoms. The fourth-order valence-corrected chi connectivity index (χ4v) is 7.11. The Kier molecular flexibility index (Phi) is 4.58. The van der Waals surface area contributed by atoms with E-state index in [1.54, 1.807) is 0 Å². The third kappa shape index (κ3) is 2.47. The van der Waals surface area contributed by atoms with E-state index in [0.717, 1.165) is 29.6 Å². The first-order valence-electron chi connectivity index (χ1n) is 10.1. The van der Waals surface area contributed by atoms with Crippen molar-refractivity contribution >= 4 is 0 Å². The van der Waals surface area contributed by atoms with Crippen LogP contribution < -0.4 is 0 Å². The molecule has 0 amide bonds. The van der Waals surface area contributed by atoms with Crippen molar-refractivity contribution in [3.05, 3.63) is 24.8 Å². The molecule has 0 aliphatic heterocycles. The quantitative estimate of drug-likeness (QED) is 0.421. The van der Waals surface area contributed by atoms with Crippen LogP contribution in [0.2, 0.25) is 0 Å². The van der Waals surface area contributed by atoms with Crippen molar-refractivity contribution in [2.75, 3.05) is 0 Å². The summed E-state index contributed by atoms with van der Waals surface area (Å²) >= 11 is 0. The summed E-state index contributed by atoms with van der Waals surface area (Å²) in [5.41, 5.74) is 3.10. The number of fused-ring (bicyclic) bond motifs is 5. The predicted molar refractivity (Wildman–Crippen MR) is 101 cm³/mol. The zero-order valence-electron chi connectivity index (χ0n) is 16.0. The average Bonchev–Trinajstić information content (AvgIpc) is 2.86. The second-order valence-corrected chi connectivity index (χ2v) is 9.63. The van der Waals surface area contributed by atoms with Crippen LogP contribution in [0, 0.1) is 40.4 Å². The van der Waals surface area contributed by atoms with Crippen LogP contribution in [0.15, 0.2) is 24.8 Å². The molecule has 7 atom stereocenters. The zero-order valence-corrected chi connectivity index (χ0v) is 16.0. The van der Waals surface area contributed by atoms with Crippen molar-refractivity contribution in [3.8, 4) is 0 Å². The van der Waals surface area contributed by atoms with Crippen LogP contribution in [0.1, 0.15) is 79.1 Å². The number of hydrogen-bond acceptors (Lipinski definition) is 0. The summed E-state index contributed by atoms with van der Waals surface area (Å²) in [6, 6.07) is 0. The van der Waals surface area contributed by atoms with Gasteiger partial charge in [0.2, 0.25) is 0 Å². The predicted octanol–water partition coefficient (Wildman–Crippen LogP) is 7.02. The van der Waals surface area contributed by atoms with Gasteiger partial charge in [0.1, 0.15) is 0 Å². The molecule has 0 saturated heterocycles. The maximum absolute atomic E-state index is 3.00. The van der Waals surface area contributed by atoms with Crippen LogP contribution in [0.5, 0.6) is 0 Å². The lowest BCUT2D eigenvalue weighted by molar-refractivity contribution is -0.0411. The second-order valence-electron chi connectivity index (χ2n) is 9.63. The summed E-state index contributed by atoms with van der Waals surface area (Å²) < 4.78 is 0. The third-order valence-corrected chi connectivity index (χ3v) is 8.82. The first kappa shape index (κ1) is 17.3. The standard InChI is InChI=1S/C21H34.C2H4/c1-14-9-11-21(4)16(13-14)6-7-17-18-8-5-15(2)20(18,3)12-10-19(17)21;1-2/h6,14-15,17-19H,5,7-13H2,1-4H3;1-2H2. The largest absolute Gasteiger partial charge is 0.106 e. The summed E-state index contributed by atoms with van der Waals surface area (Å²) in [5, 5.41) is 0. The Morgan fingerprint density at radius 2 is 1.70 bits per heavy atom. The number of hydrogen-bond donors (Lipinski definition) is 0. The van der Waals surface area contributed by atoms with E-state index in [1.807, 2.05) is 5.57 Å². The van der Waals surface area contributed by atoms with Gasteiger partial charge in [-0.15, -0.1) is 13.2 Å². The SMILES string of the molecule is C=C.CC1CCC2(C)C(=CCC3C2CCC2(C)C(C)CCC32)C1. The molecule has 3 fully saturated rings. The molecule has 0 radical (unpaired) electrons. The van der Waals surface area contributed by atoms with E-state index < -0.39 is 0 Å². The van der Waals surface area contributed by atoms with E-state index in [4.69, 9.17) is 0 Å². The van der Waals surface area contributed by atoms with Crippen LogP contribution in [0.3, 0.4) is 0 Å². The first-order valence-corrected chi connectivity index (χ1v) is 10.1. The first-order chi connectivity index (χ1) is 10.9. The van der Waals surface area contributed by atoms with E-state index in [2.05, 4.69) is 46.9 Å². The van der Waals surface area contributed by atoms with Gasteiger partial charge in [-0.1, -0.05) is 39.3 Å². The summed E-state index contributed by atoms with van der Waals surface area (Å²) in [7, 11) is 0. The Morgan fingerprint density at radius 1 is 0.957 bits per heavy atom. The number of rotatable bonds is 0. The van der Waals surface area contributed by atoms with Gasteiger partial charge in [0, 0.05) is 0 Å². The minimum Gasteiger partial charge on any atom is -0.106 e. The molecule has 0 bridgehead atoms. The highest BCUT2D eigenvalue weighted by Crippen LogP contribution is 2.66. The van der Waals surface area contributed by atoms with E-state index in [-0.39, 0.29) is 0 Å². The van der Waals surface area contributed by atoms with Gasteiger partial charge in [-0.05, 0) is 91.8 Å². The molecule has 130 valence electrons. The third-order valence-electron chi connectivity index (χ3n) is 8.82. The molecular formula is C23H38. The van der Waals surface area contributed by atoms with Gasteiger partial charge in [-0.3, -0.25) is 0 Å². The topological polar surface area (TPSA) is 0 Å². The van der Waals surface area contributed by atoms with Crippen LogP contribution in [0.25, 0.3) is 0 Å². The number of allylic oxidation sites excluding steroid dienone is 2. The Labute approximate surface area is 144 Å². The molecule has 4 aliphatic carbocycles. The maximum atomic E-state index is 3.00. The molecule has 3 saturated carbocycles. The Balaban J connectivity index is 0.000000753. The molecule has 7 unspecified atom stereocenters. The molecule has 4 aliphatic rings. The van der Waals surface area contributed by atoms with Crippen molar-refractivity contribution in [3.63, 3.8) is 0 Å². The van der Waals surface area contributed by atoms with Gasteiger partial charge in [0.05, 0.1) is 0 Å². The van der Waals surface area contributed by atoms with Crippen molar-refractivity contribution in [1.29, 1.82) is 0 Å². The average molecular weight is 315 g/mol. The minimum absolute atomic E-state index is 0.572. The fourth-order valence-electron chi connectivity index (χ4n) is 7.11. The van der Waals surface area contributed by atoms with Crippen molar-refractivity contribution in [2.24, 2.45) is 40.4 Å². The fraction of sp³-hybridized carbons (Fsp3) is 0.826. The molecule has 0 aromatic heterocycles. The molecule has 0 nitrogen and oxygen atoms in total. The highest BCUT2D eigenvalue weighted by atomic mass is 14.6. The Bertz CT molecular complexity index is 474. The highest BCUT2D eigenvalue weighted by molar-refractivity contribution is 5.24. The van der Waals surface area contributed by atoms with Crippen molar-refractivity contribution in [1.82, 2.24) is 0 Å². The van der Waals surface area contributed by atoms with Gasteiger partial charge < -0.3 is 0 Å². The second kappa shape index (κ2) is 6.08. The molecule has 0 aromatic carbocycles. The van der Waals surface area contributed by atoms with E-state index in [9.17, 15) is 0 Å². The smallest absolute Gasteiger partial charge is 0.00851 e. The van der Waals surface area contributed by atoms with E-state index >= 15 is 0 Å². The van der Waals surface area contributed by atoms with E-state index in [1.165, 1.54) is 51.4 Å². The summed E-state index contributed by atoms with van der Waals surface area (Å²) in [6.07, 6.45) is 14.5. The summed E-state index contributed by atoms with van der Waals surface area (Å²) in [4.78, 5) is 0. The normalized spacial score (nSPS) is 51.5. The summed E-state index contributed by atoms with van der Waals surface area (Å²) in [6.45, 7) is 16.3. The molecular weight excluding hydrogens is 276 g/mol. The lowest BCUT2D eigenvalue weighted by atomic mass is 9.47. The van der Waals surface area contributed by atoms with Crippen LogP contribution in [-0.4, -0.2) is 0 Å². The highest BCUT2D eigenvalue weighted by Gasteiger charge is 2.57. The van der Waals surface area contributed by atoms with Gasteiger partial charge >= 0.3 is 0 Å². The lowest BCUT2D eigenvalue weighted by Gasteiger charge is -2.58. The van der Waals surface area contributed by atoms with Gasteiger partial charge in [-0.25, -0.2) is 0 Å². The van der Waals surface area contributed by atoms with Gasteiger partial charge in [0.25, 0.3) is 0 Å². The zero-order chi connectivity index (χ0) is 16.8. The molecule has 4 rings (SSSR count). The maximum Gasteiger partial charge on any atom is -0.00851 e. The molecule has 0 spiro atoms. The molecule has 0 N–H and O–H groups in total. The van der Waals surface area contributed by atoms with Gasteiger partial charge in [-0.2, -0.15) is 0 Å². The van der Waals surface area contributed by atoms with Crippen LogP contribution in [-0.2, 0) is 0 Å². The minimum atomic E-state index is 0.572. The Morgan fingerprint density at radius 3 is 2.43 bits per heavy atom. The summed E-state index contributed by atoms with van der Waals surface area (Å²) in [5.74, 6) is 4.94. The van der Waals surface area contributed by atoms with Crippen LogP contribution in [0.4, 0.5) is 0 Å². The Hall–Kier alpha value is -0.520. The van der Waals surface area contributed by atoms with Crippen molar-refractivity contribution < 1.29 is 0 Å². The van der Waals surface area contributed by atoms with Crippen LogP contribution >= 0.6 is 0 Å². The van der Waals surface area contributed by atoms with Crippen molar-refractivity contribution in [2.45, 2.75) is 79.1 Å². The molecule has 0 heterocycles. The molecule has 23 heavy (non-hydrogen) atoms. The van der Waals surface area contributed by atoms with E-state index in [0.29, 0.717) is 10.8 Å². The molecule has 0 aromatic rings. The lowest BCUT2D eigenvalue weighted by Crippen LogP contribution is -2.49. The van der Waals surface area contributed by atoms with Gasteiger partial charge in [0.15, 0.2) is 0 Å².